The summed E-state index contributed by atoms with van der Waals surface area (Å²) in [6.07, 6.45) is 1.52. The molecule has 25 heavy (non-hydrogen) atoms. The van der Waals surface area contributed by atoms with E-state index in [0.29, 0.717) is 12.3 Å². The number of halogens is 2. The maximum absolute atomic E-state index is 12.4. The number of aromatic nitrogens is 4. The zero-order valence-corrected chi connectivity index (χ0v) is 16.3. The van der Waals surface area contributed by atoms with Crippen molar-refractivity contribution in [3.05, 3.63) is 18.1 Å². The molecular weight excluding hydrogens is 365 g/mol. The molecule has 0 bridgehead atoms. The van der Waals surface area contributed by atoms with Gasteiger partial charge in [0.1, 0.15) is 12.1 Å². The molecule has 0 aliphatic carbocycles. The molecule has 140 valence electrons. The topological polar surface area (TPSA) is 78.7 Å². The molecule has 10 heteroatoms. The number of amides is 1. The molecule has 1 atom stereocenters. The van der Waals surface area contributed by atoms with Gasteiger partial charge in [0, 0.05) is 50.4 Å². The van der Waals surface area contributed by atoms with Gasteiger partial charge in [0.2, 0.25) is 5.91 Å². The SMILES string of the molecule is CNCC(C)C(=O)N1CCN(c2cc(C)nc3ncnn23)CC1.Cl.Cl. The molecule has 0 aromatic carbocycles. The van der Waals surface area contributed by atoms with Crippen LogP contribution >= 0.6 is 24.8 Å². The highest BCUT2D eigenvalue weighted by molar-refractivity contribution is 5.85. The zero-order chi connectivity index (χ0) is 16.4. The highest BCUT2D eigenvalue weighted by Crippen LogP contribution is 2.18. The highest BCUT2D eigenvalue weighted by atomic mass is 35.5. The quantitative estimate of drug-likeness (QED) is 0.832. The predicted molar refractivity (Wildman–Crippen MR) is 102 cm³/mol. The Morgan fingerprint density at radius 2 is 1.96 bits per heavy atom. The van der Waals surface area contributed by atoms with E-state index >= 15 is 0 Å². The van der Waals surface area contributed by atoms with Gasteiger partial charge in [-0.05, 0) is 14.0 Å². The van der Waals surface area contributed by atoms with Crippen LogP contribution in [0.3, 0.4) is 0 Å². The van der Waals surface area contributed by atoms with Crippen molar-refractivity contribution in [2.24, 2.45) is 5.92 Å². The average molecular weight is 390 g/mol. The first kappa shape index (κ1) is 21.4. The van der Waals surface area contributed by atoms with E-state index in [1.807, 2.05) is 31.9 Å². The molecule has 1 N–H and O–H groups in total. The molecule has 3 heterocycles. The number of rotatable bonds is 4. The minimum Gasteiger partial charge on any atom is -0.353 e. The lowest BCUT2D eigenvalue weighted by Gasteiger charge is -2.37. The smallest absolute Gasteiger partial charge is 0.254 e. The van der Waals surface area contributed by atoms with Gasteiger partial charge in [-0.25, -0.2) is 4.98 Å². The van der Waals surface area contributed by atoms with Crippen LogP contribution in [0.5, 0.6) is 0 Å². The van der Waals surface area contributed by atoms with Crippen molar-refractivity contribution in [2.75, 3.05) is 44.7 Å². The molecule has 2 aromatic heterocycles. The van der Waals surface area contributed by atoms with Gasteiger partial charge in [-0.15, -0.1) is 24.8 Å². The van der Waals surface area contributed by atoms with Crippen molar-refractivity contribution in [1.82, 2.24) is 29.8 Å². The molecule has 1 aliphatic heterocycles. The van der Waals surface area contributed by atoms with Gasteiger partial charge in [-0.2, -0.15) is 14.6 Å². The first-order chi connectivity index (χ1) is 11.1. The number of carbonyl (C=O) groups excluding carboxylic acids is 1. The minimum atomic E-state index is 0. The van der Waals surface area contributed by atoms with Crippen molar-refractivity contribution >= 4 is 42.3 Å². The Morgan fingerprint density at radius 3 is 2.60 bits per heavy atom. The Kier molecular flexibility index (Phi) is 7.85. The van der Waals surface area contributed by atoms with Crippen LogP contribution in [-0.4, -0.2) is 70.2 Å². The Hall–Kier alpha value is -1.64. The largest absolute Gasteiger partial charge is 0.353 e. The molecule has 3 rings (SSSR count). The van der Waals surface area contributed by atoms with E-state index in [9.17, 15) is 4.79 Å². The number of nitrogens with zero attached hydrogens (tertiary/aromatic N) is 6. The average Bonchev–Trinajstić information content (AvgIpc) is 3.02. The summed E-state index contributed by atoms with van der Waals surface area (Å²) in [4.78, 5) is 25.1. The van der Waals surface area contributed by atoms with Crippen LogP contribution in [0.15, 0.2) is 12.4 Å². The lowest BCUT2D eigenvalue weighted by atomic mass is 10.1. The summed E-state index contributed by atoms with van der Waals surface area (Å²) >= 11 is 0. The van der Waals surface area contributed by atoms with Crippen molar-refractivity contribution in [2.45, 2.75) is 13.8 Å². The number of hydrogen-bond donors (Lipinski definition) is 1. The summed E-state index contributed by atoms with van der Waals surface area (Å²) < 4.78 is 1.76. The van der Waals surface area contributed by atoms with Crippen LogP contribution in [0.25, 0.3) is 5.78 Å². The van der Waals surface area contributed by atoms with Crippen molar-refractivity contribution in [3.8, 4) is 0 Å². The fourth-order valence-electron chi connectivity index (χ4n) is 3.00. The number of aryl methyl sites for hydroxylation is 1. The molecular formula is C15H25Cl2N7O. The number of fused-ring (bicyclic) bond motifs is 1. The van der Waals surface area contributed by atoms with E-state index < -0.39 is 0 Å². The summed E-state index contributed by atoms with van der Waals surface area (Å²) in [6.45, 7) is 7.66. The molecule has 8 nitrogen and oxygen atoms in total. The molecule has 1 saturated heterocycles. The van der Waals surface area contributed by atoms with E-state index in [-0.39, 0.29) is 36.6 Å². The van der Waals surface area contributed by atoms with Crippen LogP contribution in [0, 0.1) is 12.8 Å². The van der Waals surface area contributed by atoms with E-state index in [0.717, 1.165) is 37.7 Å². The number of piperazine rings is 1. The van der Waals surface area contributed by atoms with Gasteiger partial charge in [0.05, 0.1) is 0 Å². The fraction of sp³-hybridized carbons (Fsp3) is 0.600. The number of nitrogens with one attached hydrogen (secondary N) is 1. The van der Waals surface area contributed by atoms with Crippen LogP contribution in [0.4, 0.5) is 5.82 Å². The Morgan fingerprint density at radius 1 is 1.28 bits per heavy atom. The standard InChI is InChI=1S/C15H23N7O.2ClH/c1-11(9-16-3)14(23)21-6-4-20(5-7-21)13-8-12(2)19-15-17-10-18-22(13)15;;/h8,10-11,16H,4-7,9H2,1-3H3;2*1H. The third kappa shape index (κ3) is 4.50. The molecule has 0 saturated carbocycles. The third-order valence-electron chi connectivity index (χ3n) is 4.21. The maximum atomic E-state index is 12.4. The Balaban J connectivity index is 0.00000156. The van der Waals surface area contributed by atoms with E-state index in [2.05, 4.69) is 25.3 Å². The first-order valence-corrected chi connectivity index (χ1v) is 7.96. The minimum absolute atomic E-state index is 0. The molecule has 1 fully saturated rings. The monoisotopic (exact) mass is 389 g/mol. The van der Waals surface area contributed by atoms with Crippen molar-refractivity contribution in [3.63, 3.8) is 0 Å². The Labute approximate surface area is 159 Å². The van der Waals surface area contributed by atoms with Crippen LogP contribution in [-0.2, 0) is 4.79 Å². The summed E-state index contributed by atoms with van der Waals surface area (Å²) in [5, 5.41) is 7.32. The number of hydrogen-bond acceptors (Lipinski definition) is 6. The second-order valence-corrected chi connectivity index (χ2v) is 6.00. The van der Waals surface area contributed by atoms with Gasteiger partial charge in [-0.3, -0.25) is 4.79 Å². The molecule has 0 spiro atoms. The van der Waals surface area contributed by atoms with E-state index in [1.54, 1.807) is 4.52 Å². The van der Waals surface area contributed by atoms with Gasteiger partial charge in [0.15, 0.2) is 0 Å². The molecule has 1 amide bonds. The van der Waals surface area contributed by atoms with E-state index in [4.69, 9.17) is 0 Å². The maximum Gasteiger partial charge on any atom is 0.254 e. The van der Waals surface area contributed by atoms with Gasteiger partial charge >= 0.3 is 0 Å². The third-order valence-corrected chi connectivity index (χ3v) is 4.21. The second kappa shape index (κ2) is 9.17. The second-order valence-electron chi connectivity index (χ2n) is 6.00. The predicted octanol–water partition coefficient (Wildman–Crippen LogP) is 0.780. The zero-order valence-electron chi connectivity index (χ0n) is 14.7. The number of anilines is 1. The normalized spacial score (nSPS) is 15.5. The van der Waals surface area contributed by atoms with Gasteiger partial charge < -0.3 is 15.1 Å². The summed E-state index contributed by atoms with van der Waals surface area (Å²) in [6, 6.07) is 2.02. The number of carbonyl (C=O) groups is 1. The molecule has 1 unspecified atom stereocenters. The first-order valence-electron chi connectivity index (χ1n) is 7.96. The summed E-state index contributed by atoms with van der Waals surface area (Å²) in [5.74, 6) is 1.83. The molecule has 1 aliphatic rings. The van der Waals surface area contributed by atoms with Crippen LogP contribution in [0.1, 0.15) is 12.6 Å². The molecule has 2 aromatic rings. The van der Waals surface area contributed by atoms with Crippen LogP contribution < -0.4 is 10.2 Å². The molecule has 0 radical (unpaired) electrons. The highest BCUT2D eigenvalue weighted by Gasteiger charge is 2.25. The fourth-order valence-corrected chi connectivity index (χ4v) is 3.00. The lowest BCUT2D eigenvalue weighted by molar-refractivity contribution is -0.135. The van der Waals surface area contributed by atoms with Gasteiger partial charge in [-0.1, -0.05) is 6.92 Å². The van der Waals surface area contributed by atoms with E-state index in [1.165, 1.54) is 6.33 Å². The van der Waals surface area contributed by atoms with Crippen LogP contribution in [0.2, 0.25) is 0 Å². The van der Waals surface area contributed by atoms with Gasteiger partial charge in [0.25, 0.3) is 5.78 Å². The Bertz CT molecular complexity index is 700. The summed E-state index contributed by atoms with van der Waals surface area (Å²) in [5.41, 5.74) is 0.918. The van der Waals surface area contributed by atoms with Crippen molar-refractivity contribution in [1.29, 1.82) is 0 Å². The van der Waals surface area contributed by atoms with Crippen molar-refractivity contribution < 1.29 is 4.79 Å². The lowest BCUT2D eigenvalue weighted by Crippen LogP contribution is -2.51. The summed E-state index contributed by atoms with van der Waals surface area (Å²) in [7, 11) is 1.87.